The highest BCUT2D eigenvalue weighted by Crippen LogP contribution is 2.35. The summed E-state index contributed by atoms with van der Waals surface area (Å²) in [5.41, 5.74) is 9.67. The third-order valence-corrected chi connectivity index (χ3v) is 4.43. The number of aromatic nitrogens is 2. The van der Waals surface area contributed by atoms with Gasteiger partial charge in [-0.15, -0.1) is 0 Å². The number of para-hydroxylation sites is 1. The number of nitrogens with zero attached hydrogens (tertiary/aromatic N) is 2. The van der Waals surface area contributed by atoms with E-state index in [1.165, 1.54) is 5.56 Å². The van der Waals surface area contributed by atoms with Crippen LogP contribution in [0.25, 0.3) is 0 Å². The Hall–Kier alpha value is -1.94. The molecule has 1 aliphatic carbocycles. The van der Waals surface area contributed by atoms with Crippen LogP contribution in [0.15, 0.2) is 30.5 Å². The fourth-order valence-corrected chi connectivity index (χ4v) is 3.25. The zero-order chi connectivity index (χ0) is 14.2. The van der Waals surface area contributed by atoms with Crippen LogP contribution >= 0.6 is 0 Å². The first-order valence-corrected chi connectivity index (χ1v) is 7.67. The van der Waals surface area contributed by atoms with Crippen LogP contribution < -0.4 is 10.5 Å². The SMILES string of the molecule is NC1CCCCc2nc(C3Cc4ccccc4O3)ncc21. The molecule has 2 aliphatic rings. The highest BCUT2D eigenvalue weighted by Gasteiger charge is 2.27. The lowest BCUT2D eigenvalue weighted by molar-refractivity contribution is 0.227. The summed E-state index contributed by atoms with van der Waals surface area (Å²) in [6.07, 6.45) is 7.05. The molecule has 1 aromatic heterocycles. The molecule has 4 rings (SSSR count). The summed E-state index contributed by atoms with van der Waals surface area (Å²) in [5.74, 6) is 1.75. The van der Waals surface area contributed by atoms with Crippen molar-refractivity contribution in [1.29, 1.82) is 0 Å². The summed E-state index contributed by atoms with van der Waals surface area (Å²) >= 11 is 0. The van der Waals surface area contributed by atoms with Gasteiger partial charge in [0.15, 0.2) is 11.9 Å². The second kappa shape index (κ2) is 5.11. The normalized spacial score (nSPS) is 23.9. The molecule has 2 N–H and O–H groups in total. The lowest BCUT2D eigenvalue weighted by Gasteiger charge is -2.14. The molecule has 2 heterocycles. The van der Waals surface area contributed by atoms with Crippen LogP contribution in [0.5, 0.6) is 5.75 Å². The van der Waals surface area contributed by atoms with Crippen LogP contribution in [-0.2, 0) is 12.8 Å². The van der Waals surface area contributed by atoms with Crippen LogP contribution in [0.4, 0.5) is 0 Å². The highest BCUT2D eigenvalue weighted by atomic mass is 16.5. The lowest BCUT2D eigenvalue weighted by atomic mass is 10.1. The number of hydrogen-bond donors (Lipinski definition) is 1. The maximum absolute atomic E-state index is 6.21. The molecule has 0 saturated carbocycles. The van der Waals surface area contributed by atoms with Gasteiger partial charge in [0.1, 0.15) is 5.75 Å². The number of nitrogens with two attached hydrogens (primary N) is 1. The number of benzene rings is 1. The summed E-state index contributed by atoms with van der Waals surface area (Å²) in [6, 6.07) is 8.24. The molecule has 2 unspecified atom stereocenters. The van der Waals surface area contributed by atoms with Gasteiger partial charge in [0.25, 0.3) is 0 Å². The van der Waals surface area contributed by atoms with E-state index in [2.05, 4.69) is 11.1 Å². The topological polar surface area (TPSA) is 61.0 Å². The van der Waals surface area contributed by atoms with E-state index in [0.29, 0.717) is 0 Å². The van der Waals surface area contributed by atoms with E-state index in [9.17, 15) is 0 Å². The fourth-order valence-electron chi connectivity index (χ4n) is 3.25. The Morgan fingerprint density at radius 3 is 3.00 bits per heavy atom. The summed E-state index contributed by atoms with van der Waals surface area (Å²) in [7, 11) is 0. The average molecular weight is 281 g/mol. The first kappa shape index (κ1) is 12.8. The zero-order valence-electron chi connectivity index (χ0n) is 12.0. The van der Waals surface area contributed by atoms with Gasteiger partial charge in [-0.05, 0) is 30.9 Å². The van der Waals surface area contributed by atoms with Crippen LogP contribution in [0.3, 0.4) is 0 Å². The summed E-state index contributed by atoms with van der Waals surface area (Å²) in [6.45, 7) is 0. The second-order valence-electron chi connectivity index (χ2n) is 5.90. The fraction of sp³-hybridized carbons (Fsp3) is 0.412. The van der Waals surface area contributed by atoms with E-state index < -0.39 is 0 Å². The van der Waals surface area contributed by atoms with Crippen molar-refractivity contribution in [2.24, 2.45) is 5.73 Å². The number of aryl methyl sites for hydroxylation is 1. The zero-order valence-corrected chi connectivity index (χ0v) is 12.0. The molecule has 108 valence electrons. The van der Waals surface area contributed by atoms with Gasteiger partial charge in [0.2, 0.25) is 0 Å². The summed E-state index contributed by atoms with van der Waals surface area (Å²) in [4.78, 5) is 9.31. The molecule has 0 amide bonds. The Morgan fingerprint density at radius 2 is 2.10 bits per heavy atom. The number of hydrogen-bond acceptors (Lipinski definition) is 4. The smallest absolute Gasteiger partial charge is 0.169 e. The Labute approximate surface area is 124 Å². The van der Waals surface area contributed by atoms with E-state index in [-0.39, 0.29) is 12.1 Å². The standard InChI is InChI=1S/C17H19N3O/c18-13-6-2-3-7-14-12(13)10-19-17(20-14)16-9-11-5-1-4-8-15(11)21-16/h1,4-5,8,10,13,16H,2-3,6-7,9,18H2. The largest absolute Gasteiger partial charge is 0.482 e. The van der Waals surface area contributed by atoms with Gasteiger partial charge in [-0.1, -0.05) is 24.6 Å². The molecule has 1 aromatic carbocycles. The molecule has 21 heavy (non-hydrogen) atoms. The highest BCUT2D eigenvalue weighted by molar-refractivity contribution is 5.38. The van der Waals surface area contributed by atoms with Crippen molar-refractivity contribution in [3.05, 3.63) is 53.1 Å². The van der Waals surface area contributed by atoms with Crippen molar-refractivity contribution in [1.82, 2.24) is 9.97 Å². The maximum Gasteiger partial charge on any atom is 0.169 e. The summed E-state index contributed by atoms with van der Waals surface area (Å²) < 4.78 is 5.99. The minimum absolute atomic E-state index is 0.0628. The van der Waals surface area contributed by atoms with Gasteiger partial charge in [0.05, 0.1) is 0 Å². The number of ether oxygens (including phenoxy) is 1. The molecule has 0 bridgehead atoms. The Balaban J connectivity index is 1.64. The minimum Gasteiger partial charge on any atom is -0.482 e. The molecular weight excluding hydrogens is 262 g/mol. The van der Waals surface area contributed by atoms with Crippen LogP contribution in [0.2, 0.25) is 0 Å². The van der Waals surface area contributed by atoms with E-state index in [1.54, 1.807) is 0 Å². The second-order valence-corrected chi connectivity index (χ2v) is 5.90. The van der Waals surface area contributed by atoms with Gasteiger partial charge < -0.3 is 10.5 Å². The van der Waals surface area contributed by atoms with Gasteiger partial charge in [-0.25, -0.2) is 9.97 Å². The van der Waals surface area contributed by atoms with Crippen molar-refractivity contribution in [3.8, 4) is 5.75 Å². The number of fused-ring (bicyclic) bond motifs is 2. The van der Waals surface area contributed by atoms with Crippen molar-refractivity contribution in [2.45, 2.75) is 44.2 Å². The summed E-state index contributed by atoms with van der Waals surface area (Å²) in [5, 5.41) is 0. The minimum atomic E-state index is -0.0628. The monoisotopic (exact) mass is 281 g/mol. The van der Waals surface area contributed by atoms with Gasteiger partial charge >= 0.3 is 0 Å². The van der Waals surface area contributed by atoms with Gasteiger partial charge in [0, 0.05) is 29.9 Å². The van der Waals surface area contributed by atoms with Crippen LogP contribution in [-0.4, -0.2) is 9.97 Å². The predicted molar refractivity (Wildman–Crippen MR) is 80.0 cm³/mol. The molecule has 0 fully saturated rings. The maximum atomic E-state index is 6.21. The van der Waals surface area contributed by atoms with Crippen molar-refractivity contribution in [3.63, 3.8) is 0 Å². The molecule has 0 saturated heterocycles. The third kappa shape index (κ3) is 2.29. The quantitative estimate of drug-likeness (QED) is 0.816. The third-order valence-electron chi connectivity index (χ3n) is 4.43. The van der Waals surface area contributed by atoms with Crippen molar-refractivity contribution in [2.75, 3.05) is 0 Å². The molecule has 0 radical (unpaired) electrons. The van der Waals surface area contributed by atoms with E-state index in [1.807, 2.05) is 24.4 Å². The average Bonchev–Trinajstić information content (AvgIpc) is 2.86. The van der Waals surface area contributed by atoms with Crippen molar-refractivity contribution < 1.29 is 4.74 Å². The van der Waals surface area contributed by atoms with Crippen LogP contribution in [0.1, 0.15) is 54.1 Å². The van der Waals surface area contributed by atoms with E-state index in [0.717, 1.165) is 54.9 Å². The molecule has 2 aromatic rings. The van der Waals surface area contributed by atoms with Crippen molar-refractivity contribution >= 4 is 0 Å². The molecular formula is C17H19N3O. The molecule has 4 nitrogen and oxygen atoms in total. The Kier molecular flexibility index (Phi) is 3.11. The molecule has 1 aliphatic heterocycles. The molecule has 2 atom stereocenters. The predicted octanol–water partition coefficient (Wildman–Crippen LogP) is 2.88. The van der Waals surface area contributed by atoms with E-state index >= 15 is 0 Å². The Bertz CT molecular complexity index is 646. The van der Waals surface area contributed by atoms with Gasteiger partial charge in [-0.2, -0.15) is 0 Å². The number of rotatable bonds is 1. The first-order valence-electron chi connectivity index (χ1n) is 7.67. The lowest BCUT2D eigenvalue weighted by Crippen LogP contribution is -2.15. The van der Waals surface area contributed by atoms with Gasteiger partial charge in [-0.3, -0.25) is 0 Å². The van der Waals surface area contributed by atoms with E-state index in [4.69, 9.17) is 15.5 Å². The Morgan fingerprint density at radius 1 is 1.19 bits per heavy atom. The first-order chi connectivity index (χ1) is 10.3. The molecule has 0 spiro atoms. The molecule has 4 heteroatoms. The van der Waals surface area contributed by atoms with Crippen LogP contribution in [0, 0.1) is 0 Å².